The lowest BCUT2D eigenvalue weighted by molar-refractivity contribution is -0.114. The normalized spacial score (nSPS) is 13.3. The van der Waals surface area contributed by atoms with Gasteiger partial charge in [-0.2, -0.15) is 5.10 Å². The lowest BCUT2D eigenvalue weighted by Gasteiger charge is -2.05. The van der Waals surface area contributed by atoms with Crippen LogP contribution in [0.25, 0.3) is 0 Å². The van der Waals surface area contributed by atoms with Gasteiger partial charge < -0.3 is 0 Å². The Labute approximate surface area is 157 Å². The van der Waals surface area contributed by atoms with E-state index in [1.54, 1.807) is 6.92 Å². The number of thioether (sulfide) groups is 1. The van der Waals surface area contributed by atoms with Gasteiger partial charge in [0.05, 0.1) is 11.5 Å². The molecule has 0 unspecified atom stereocenters. The summed E-state index contributed by atoms with van der Waals surface area (Å²) in [5, 5.41) is 9.21. The molecule has 0 spiro atoms. The summed E-state index contributed by atoms with van der Waals surface area (Å²) in [7, 11) is 0. The zero-order chi connectivity index (χ0) is 18.4. The molecule has 26 heavy (non-hydrogen) atoms. The Balaban J connectivity index is 1.60. The molecule has 1 aliphatic heterocycles. The molecule has 2 aromatic rings. The SMILES string of the molecule is CC(=O)CSC1=NN=C(c2cccc(C(=O)CCc3ccccc3)c2)C1. The topological polar surface area (TPSA) is 58.9 Å². The van der Waals surface area contributed by atoms with Crippen molar-refractivity contribution >= 4 is 34.1 Å². The first kappa shape index (κ1) is 18.3. The first-order chi connectivity index (χ1) is 12.6. The summed E-state index contributed by atoms with van der Waals surface area (Å²) >= 11 is 1.43. The van der Waals surface area contributed by atoms with Crippen LogP contribution in [0.4, 0.5) is 0 Å². The summed E-state index contributed by atoms with van der Waals surface area (Å²) < 4.78 is 0. The van der Waals surface area contributed by atoms with E-state index in [1.165, 1.54) is 11.8 Å². The largest absolute Gasteiger partial charge is 0.299 e. The van der Waals surface area contributed by atoms with Crippen LogP contribution in [0.15, 0.2) is 64.8 Å². The molecule has 0 fully saturated rings. The predicted molar refractivity (Wildman–Crippen MR) is 107 cm³/mol. The maximum absolute atomic E-state index is 12.5. The van der Waals surface area contributed by atoms with Crippen molar-refractivity contribution in [3.05, 3.63) is 71.3 Å². The Morgan fingerprint density at radius 3 is 2.62 bits per heavy atom. The van der Waals surface area contributed by atoms with E-state index >= 15 is 0 Å². The quantitative estimate of drug-likeness (QED) is 0.687. The van der Waals surface area contributed by atoms with Gasteiger partial charge in [0.2, 0.25) is 0 Å². The Kier molecular flexibility index (Phi) is 6.12. The summed E-state index contributed by atoms with van der Waals surface area (Å²) in [4.78, 5) is 23.6. The van der Waals surface area contributed by atoms with Gasteiger partial charge in [-0.15, -0.1) is 16.9 Å². The van der Waals surface area contributed by atoms with Crippen molar-refractivity contribution in [2.45, 2.75) is 26.2 Å². The van der Waals surface area contributed by atoms with Crippen LogP contribution in [0, 0.1) is 0 Å². The third kappa shape index (κ3) is 4.99. The molecule has 0 radical (unpaired) electrons. The fraction of sp³-hybridized carbons (Fsp3) is 0.238. The lowest BCUT2D eigenvalue weighted by atomic mass is 9.99. The molecule has 0 atom stereocenters. The van der Waals surface area contributed by atoms with E-state index < -0.39 is 0 Å². The average Bonchev–Trinajstić information content (AvgIpc) is 3.14. The minimum absolute atomic E-state index is 0.122. The van der Waals surface area contributed by atoms with Crippen molar-refractivity contribution in [1.82, 2.24) is 0 Å². The van der Waals surface area contributed by atoms with Gasteiger partial charge in [-0.3, -0.25) is 9.59 Å². The minimum atomic E-state index is 0.122. The van der Waals surface area contributed by atoms with E-state index in [0.29, 0.717) is 24.2 Å². The van der Waals surface area contributed by atoms with Gasteiger partial charge in [0, 0.05) is 18.4 Å². The number of rotatable bonds is 7. The number of aryl methyl sites for hydroxylation is 1. The van der Waals surface area contributed by atoms with E-state index in [1.807, 2.05) is 54.6 Å². The van der Waals surface area contributed by atoms with Gasteiger partial charge in [0.25, 0.3) is 0 Å². The second kappa shape index (κ2) is 8.72. The summed E-state index contributed by atoms with van der Waals surface area (Å²) in [6.45, 7) is 1.56. The van der Waals surface area contributed by atoms with Crippen LogP contribution in [-0.4, -0.2) is 28.1 Å². The first-order valence-electron chi connectivity index (χ1n) is 8.55. The summed E-state index contributed by atoms with van der Waals surface area (Å²) in [5.41, 5.74) is 3.62. The molecule has 0 aliphatic carbocycles. The third-order valence-corrected chi connectivity index (χ3v) is 5.15. The van der Waals surface area contributed by atoms with Gasteiger partial charge in [-0.05, 0) is 30.5 Å². The van der Waals surface area contributed by atoms with Crippen molar-refractivity contribution in [2.24, 2.45) is 10.2 Å². The van der Waals surface area contributed by atoms with Crippen molar-refractivity contribution < 1.29 is 9.59 Å². The first-order valence-corrected chi connectivity index (χ1v) is 9.53. The number of hydrogen-bond acceptors (Lipinski definition) is 5. The number of benzene rings is 2. The Hall–Kier alpha value is -2.53. The maximum Gasteiger partial charge on any atom is 0.163 e. The van der Waals surface area contributed by atoms with E-state index in [9.17, 15) is 9.59 Å². The average molecular weight is 364 g/mol. The molecular formula is C21H20N2O2S. The predicted octanol–water partition coefficient (Wildman–Crippen LogP) is 4.33. The van der Waals surface area contributed by atoms with Gasteiger partial charge >= 0.3 is 0 Å². The highest BCUT2D eigenvalue weighted by atomic mass is 32.2. The molecule has 0 aromatic heterocycles. The monoisotopic (exact) mass is 364 g/mol. The molecule has 1 aliphatic rings. The molecule has 3 rings (SSSR count). The van der Waals surface area contributed by atoms with Crippen molar-refractivity contribution in [2.75, 3.05) is 5.75 Å². The van der Waals surface area contributed by atoms with Crippen LogP contribution in [0.3, 0.4) is 0 Å². The lowest BCUT2D eigenvalue weighted by Crippen LogP contribution is -2.06. The van der Waals surface area contributed by atoms with Crippen molar-refractivity contribution in [1.29, 1.82) is 0 Å². The molecule has 132 valence electrons. The fourth-order valence-corrected chi connectivity index (χ4v) is 3.38. The maximum atomic E-state index is 12.5. The highest BCUT2D eigenvalue weighted by Gasteiger charge is 2.17. The van der Waals surface area contributed by atoms with Crippen LogP contribution >= 0.6 is 11.8 Å². The van der Waals surface area contributed by atoms with Crippen LogP contribution in [0.2, 0.25) is 0 Å². The molecule has 0 N–H and O–H groups in total. The Morgan fingerprint density at radius 1 is 1.04 bits per heavy atom. The molecule has 1 heterocycles. The summed E-state index contributed by atoms with van der Waals surface area (Å²) in [6, 6.07) is 17.6. The zero-order valence-electron chi connectivity index (χ0n) is 14.6. The molecule has 0 bridgehead atoms. The zero-order valence-corrected chi connectivity index (χ0v) is 15.5. The standard InChI is InChI=1S/C21H20N2O2S/c1-15(24)14-26-21-13-19(22-23-21)17-8-5-9-18(12-17)20(25)11-10-16-6-3-2-4-7-16/h2-9,12H,10-11,13-14H2,1H3. The van der Waals surface area contributed by atoms with Gasteiger partial charge in [-0.25, -0.2) is 0 Å². The number of nitrogens with zero attached hydrogens (tertiary/aromatic N) is 2. The Bertz CT molecular complexity index is 873. The number of Topliss-reactive ketones (excluding diaryl/α,β-unsaturated/α-hetero) is 2. The van der Waals surface area contributed by atoms with Crippen molar-refractivity contribution in [3.63, 3.8) is 0 Å². The van der Waals surface area contributed by atoms with Gasteiger partial charge in [-0.1, -0.05) is 48.5 Å². The van der Waals surface area contributed by atoms with E-state index in [0.717, 1.165) is 28.3 Å². The van der Waals surface area contributed by atoms with Gasteiger partial charge in [0.15, 0.2) is 5.78 Å². The second-order valence-corrected chi connectivity index (χ2v) is 7.25. The molecule has 0 saturated heterocycles. The van der Waals surface area contributed by atoms with Crippen LogP contribution in [-0.2, 0) is 11.2 Å². The third-order valence-electron chi connectivity index (χ3n) is 4.04. The molecule has 5 heteroatoms. The van der Waals surface area contributed by atoms with E-state index in [4.69, 9.17) is 0 Å². The summed E-state index contributed by atoms with van der Waals surface area (Å²) in [5.74, 6) is 0.665. The fourth-order valence-electron chi connectivity index (χ4n) is 2.67. The number of hydrogen-bond donors (Lipinski definition) is 0. The number of ketones is 2. The van der Waals surface area contributed by atoms with Crippen molar-refractivity contribution in [3.8, 4) is 0 Å². The van der Waals surface area contributed by atoms with Crippen LogP contribution in [0.5, 0.6) is 0 Å². The summed E-state index contributed by atoms with van der Waals surface area (Å²) in [6.07, 6.45) is 1.83. The minimum Gasteiger partial charge on any atom is -0.299 e. The Morgan fingerprint density at radius 2 is 1.85 bits per heavy atom. The smallest absolute Gasteiger partial charge is 0.163 e. The molecular weight excluding hydrogens is 344 g/mol. The van der Waals surface area contributed by atoms with Crippen LogP contribution < -0.4 is 0 Å². The molecule has 0 amide bonds. The molecule has 4 nitrogen and oxygen atoms in total. The van der Waals surface area contributed by atoms with E-state index in [-0.39, 0.29) is 11.6 Å². The van der Waals surface area contributed by atoms with E-state index in [2.05, 4.69) is 10.2 Å². The highest BCUT2D eigenvalue weighted by Crippen LogP contribution is 2.20. The number of carbonyl (C=O) groups excluding carboxylic acids is 2. The molecule has 0 saturated carbocycles. The van der Waals surface area contributed by atoms with Gasteiger partial charge in [0.1, 0.15) is 10.8 Å². The number of carbonyl (C=O) groups is 2. The highest BCUT2D eigenvalue weighted by molar-refractivity contribution is 8.14. The molecule has 2 aromatic carbocycles. The second-order valence-electron chi connectivity index (χ2n) is 6.20. The van der Waals surface area contributed by atoms with Crippen LogP contribution in [0.1, 0.15) is 41.3 Å².